The van der Waals surface area contributed by atoms with Gasteiger partial charge in [0.1, 0.15) is 5.82 Å². The van der Waals surface area contributed by atoms with Crippen LogP contribution in [0.3, 0.4) is 0 Å². The first-order valence-electron chi connectivity index (χ1n) is 7.33. The summed E-state index contributed by atoms with van der Waals surface area (Å²) in [5.74, 6) is -0.179. The first-order valence-corrected chi connectivity index (χ1v) is 7.33. The fourth-order valence-electron chi connectivity index (χ4n) is 2.46. The highest BCUT2D eigenvalue weighted by molar-refractivity contribution is 5.57. The third kappa shape index (κ3) is 3.93. The highest BCUT2D eigenvalue weighted by Gasteiger charge is 2.19. The average molecular weight is 282 g/mol. The highest BCUT2D eigenvalue weighted by atomic mass is 19.1. The summed E-state index contributed by atoms with van der Waals surface area (Å²) in [6.07, 6.45) is 0. The van der Waals surface area contributed by atoms with Gasteiger partial charge in [0.25, 0.3) is 0 Å². The number of nitrogens with zero attached hydrogens (tertiary/aromatic N) is 1. The van der Waals surface area contributed by atoms with Crippen LogP contribution in [0, 0.1) is 12.7 Å². The lowest BCUT2D eigenvalue weighted by Gasteiger charge is -2.32. The first kappa shape index (κ1) is 16.9. The first-order chi connectivity index (χ1) is 9.42. The summed E-state index contributed by atoms with van der Waals surface area (Å²) in [5, 5.41) is 12.6. The van der Waals surface area contributed by atoms with Gasteiger partial charge in [0.2, 0.25) is 0 Å². The lowest BCUT2D eigenvalue weighted by Crippen LogP contribution is -2.35. The van der Waals surface area contributed by atoms with Crippen molar-refractivity contribution in [1.29, 1.82) is 0 Å². The maximum Gasteiger partial charge on any atom is 0.126 e. The molecule has 0 spiro atoms. The fourth-order valence-corrected chi connectivity index (χ4v) is 2.46. The Bertz CT molecular complexity index is 435. The van der Waals surface area contributed by atoms with Gasteiger partial charge < -0.3 is 15.3 Å². The molecule has 1 aromatic carbocycles. The summed E-state index contributed by atoms with van der Waals surface area (Å²) in [6, 6.07) is 3.82. The molecular weight excluding hydrogens is 255 g/mol. The molecule has 0 radical (unpaired) electrons. The average Bonchev–Trinajstić information content (AvgIpc) is 2.38. The van der Waals surface area contributed by atoms with E-state index >= 15 is 0 Å². The monoisotopic (exact) mass is 282 g/mol. The van der Waals surface area contributed by atoms with Crippen molar-refractivity contribution in [2.75, 3.05) is 24.6 Å². The zero-order chi connectivity index (χ0) is 15.3. The minimum atomic E-state index is -0.179. The number of hydrogen-bond donors (Lipinski definition) is 2. The number of hydrogen-bond acceptors (Lipinski definition) is 3. The Morgan fingerprint density at radius 2 is 1.95 bits per heavy atom. The van der Waals surface area contributed by atoms with Crippen LogP contribution in [0.5, 0.6) is 0 Å². The van der Waals surface area contributed by atoms with Crippen LogP contribution in [0.2, 0.25) is 0 Å². The number of benzene rings is 1. The van der Waals surface area contributed by atoms with E-state index in [0.717, 1.165) is 17.8 Å². The Balaban J connectivity index is 3.29. The molecule has 4 heteroatoms. The Morgan fingerprint density at radius 3 is 2.45 bits per heavy atom. The van der Waals surface area contributed by atoms with E-state index in [1.54, 1.807) is 13.0 Å². The van der Waals surface area contributed by atoms with Crippen LogP contribution >= 0.6 is 0 Å². The van der Waals surface area contributed by atoms with E-state index in [0.29, 0.717) is 12.1 Å². The molecule has 0 bridgehead atoms. The van der Waals surface area contributed by atoms with Crippen molar-refractivity contribution in [3.63, 3.8) is 0 Å². The van der Waals surface area contributed by atoms with Gasteiger partial charge in [0, 0.05) is 24.3 Å². The number of aliphatic hydroxyl groups excluding tert-OH is 1. The summed E-state index contributed by atoms with van der Waals surface area (Å²) in [5.41, 5.74) is 2.58. The van der Waals surface area contributed by atoms with Crippen LogP contribution < -0.4 is 10.2 Å². The highest BCUT2D eigenvalue weighted by Crippen LogP contribution is 2.30. The van der Waals surface area contributed by atoms with E-state index in [2.05, 4.69) is 24.1 Å². The largest absolute Gasteiger partial charge is 0.395 e. The van der Waals surface area contributed by atoms with Crippen LogP contribution in [0.4, 0.5) is 10.1 Å². The lowest BCUT2D eigenvalue weighted by atomic mass is 10.0. The number of aryl methyl sites for hydroxylation is 1. The number of rotatable bonds is 7. The third-order valence-electron chi connectivity index (χ3n) is 3.56. The SMILES string of the molecule is CCNC(C)c1cc(F)c(C)cc1N(CCO)C(C)C. The fraction of sp³-hybridized carbons (Fsp3) is 0.625. The van der Waals surface area contributed by atoms with Gasteiger partial charge in [-0.25, -0.2) is 4.39 Å². The smallest absolute Gasteiger partial charge is 0.126 e. The number of aliphatic hydroxyl groups is 1. The molecule has 2 N–H and O–H groups in total. The number of nitrogens with one attached hydrogen (secondary N) is 1. The Morgan fingerprint density at radius 1 is 1.30 bits per heavy atom. The minimum Gasteiger partial charge on any atom is -0.395 e. The van der Waals surface area contributed by atoms with Gasteiger partial charge in [-0.15, -0.1) is 0 Å². The minimum absolute atomic E-state index is 0.0741. The van der Waals surface area contributed by atoms with Crippen LogP contribution in [0.1, 0.15) is 44.9 Å². The Hall–Kier alpha value is -1.13. The Kier molecular flexibility index (Phi) is 6.43. The maximum absolute atomic E-state index is 13.9. The molecular formula is C16H27FN2O. The lowest BCUT2D eigenvalue weighted by molar-refractivity contribution is 0.299. The van der Waals surface area contributed by atoms with Crippen molar-refractivity contribution in [1.82, 2.24) is 5.32 Å². The molecule has 0 saturated carbocycles. The predicted molar refractivity (Wildman–Crippen MR) is 82.8 cm³/mol. The van der Waals surface area contributed by atoms with Gasteiger partial charge in [0.05, 0.1) is 6.61 Å². The normalized spacial score (nSPS) is 12.8. The van der Waals surface area contributed by atoms with Gasteiger partial charge in [-0.3, -0.25) is 0 Å². The third-order valence-corrected chi connectivity index (χ3v) is 3.56. The predicted octanol–water partition coefficient (Wildman–Crippen LogP) is 3.01. The van der Waals surface area contributed by atoms with Crippen molar-refractivity contribution < 1.29 is 9.50 Å². The molecule has 114 valence electrons. The molecule has 0 aliphatic heterocycles. The number of anilines is 1. The van der Waals surface area contributed by atoms with Gasteiger partial charge in [-0.1, -0.05) is 6.92 Å². The summed E-state index contributed by atoms with van der Waals surface area (Å²) in [6.45, 7) is 11.5. The molecule has 1 unspecified atom stereocenters. The van der Waals surface area contributed by atoms with E-state index < -0.39 is 0 Å². The zero-order valence-electron chi connectivity index (χ0n) is 13.2. The van der Waals surface area contributed by atoms with Gasteiger partial charge in [0.15, 0.2) is 0 Å². The van der Waals surface area contributed by atoms with E-state index in [1.807, 2.05) is 19.9 Å². The van der Waals surface area contributed by atoms with Crippen molar-refractivity contribution in [2.24, 2.45) is 0 Å². The van der Waals surface area contributed by atoms with E-state index in [1.165, 1.54) is 0 Å². The molecule has 3 nitrogen and oxygen atoms in total. The molecule has 1 rings (SSSR count). The molecule has 0 fully saturated rings. The molecule has 1 atom stereocenters. The molecule has 0 aliphatic carbocycles. The van der Waals surface area contributed by atoms with Crippen molar-refractivity contribution in [3.8, 4) is 0 Å². The zero-order valence-corrected chi connectivity index (χ0v) is 13.2. The Labute approximate surface area is 121 Å². The van der Waals surface area contributed by atoms with Crippen molar-refractivity contribution in [3.05, 3.63) is 29.1 Å². The molecule has 0 aliphatic rings. The van der Waals surface area contributed by atoms with Crippen LogP contribution in [-0.2, 0) is 0 Å². The van der Waals surface area contributed by atoms with E-state index in [4.69, 9.17) is 0 Å². The standard InChI is InChI=1S/C16H27FN2O/c1-6-18-13(5)14-10-15(17)12(4)9-16(14)19(7-8-20)11(2)3/h9-11,13,18,20H,6-8H2,1-5H3. The van der Waals surface area contributed by atoms with Gasteiger partial charge in [-0.2, -0.15) is 0 Å². The summed E-state index contributed by atoms with van der Waals surface area (Å²) < 4.78 is 13.9. The van der Waals surface area contributed by atoms with E-state index in [-0.39, 0.29) is 24.5 Å². The molecule has 0 amide bonds. The summed E-state index contributed by atoms with van der Waals surface area (Å²) in [7, 11) is 0. The maximum atomic E-state index is 13.9. The van der Waals surface area contributed by atoms with Gasteiger partial charge in [-0.05, 0) is 57.5 Å². The van der Waals surface area contributed by atoms with Gasteiger partial charge >= 0.3 is 0 Å². The molecule has 0 heterocycles. The van der Waals surface area contributed by atoms with Crippen molar-refractivity contribution in [2.45, 2.75) is 46.7 Å². The number of halogens is 1. The second-order valence-corrected chi connectivity index (χ2v) is 5.45. The van der Waals surface area contributed by atoms with Crippen LogP contribution in [0.15, 0.2) is 12.1 Å². The molecule has 20 heavy (non-hydrogen) atoms. The molecule has 0 saturated heterocycles. The quantitative estimate of drug-likeness (QED) is 0.807. The molecule has 0 aromatic heterocycles. The van der Waals surface area contributed by atoms with Crippen LogP contribution in [0.25, 0.3) is 0 Å². The summed E-state index contributed by atoms with van der Waals surface area (Å²) in [4.78, 5) is 2.12. The van der Waals surface area contributed by atoms with Crippen LogP contribution in [-0.4, -0.2) is 30.8 Å². The van der Waals surface area contributed by atoms with Crippen molar-refractivity contribution >= 4 is 5.69 Å². The topological polar surface area (TPSA) is 35.5 Å². The molecule has 1 aromatic rings. The second kappa shape index (κ2) is 7.60. The second-order valence-electron chi connectivity index (χ2n) is 5.45. The summed E-state index contributed by atoms with van der Waals surface area (Å²) >= 11 is 0. The van der Waals surface area contributed by atoms with E-state index in [9.17, 15) is 9.50 Å².